The van der Waals surface area contributed by atoms with E-state index < -0.39 is 0 Å². The van der Waals surface area contributed by atoms with Crippen molar-refractivity contribution >= 4 is 5.84 Å². The lowest BCUT2D eigenvalue weighted by atomic mass is 10.2. The molecule has 0 atom stereocenters. The average Bonchev–Trinajstić information content (AvgIpc) is 2.86. The van der Waals surface area contributed by atoms with Gasteiger partial charge in [0, 0.05) is 19.8 Å². The van der Waals surface area contributed by atoms with E-state index in [2.05, 4.69) is 10.1 Å². The molecular formula is C12H25N3O2. The Kier molecular flexibility index (Phi) is 6.96. The molecular weight excluding hydrogens is 218 g/mol. The highest BCUT2D eigenvalue weighted by molar-refractivity contribution is 5.81. The zero-order valence-electron chi connectivity index (χ0n) is 10.8. The maximum Gasteiger partial charge on any atom is 0.153 e. The fourth-order valence-electron chi connectivity index (χ4n) is 2.46. The Bertz CT molecular complexity index is 228. The van der Waals surface area contributed by atoms with Gasteiger partial charge in [-0.15, -0.1) is 0 Å². The fourth-order valence-corrected chi connectivity index (χ4v) is 2.46. The molecule has 5 heteroatoms. The normalized spacial score (nSPS) is 18.1. The van der Waals surface area contributed by atoms with Crippen LogP contribution >= 0.6 is 0 Å². The molecule has 100 valence electrons. The van der Waals surface area contributed by atoms with E-state index in [4.69, 9.17) is 15.7 Å². The van der Waals surface area contributed by atoms with Gasteiger partial charge >= 0.3 is 0 Å². The van der Waals surface area contributed by atoms with E-state index in [-0.39, 0.29) is 0 Å². The van der Waals surface area contributed by atoms with Crippen LogP contribution in [0.15, 0.2) is 5.16 Å². The van der Waals surface area contributed by atoms with E-state index in [1.165, 1.54) is 25.7 Å². The molecule has 0 aromatic heterocycles. The molecule has 0 aliphatic heterocycles. The summed E-state index contributed by atoms with van der Waals surface area (Å²) in [5, 5.41) is 11.7. The summed E-state index contributed by atoms with van der Waals surface area (Å²) in [5.41, 5.74) is 5.61. The lowest BCUT2D eigenvalue weighted by Crippen LogP contribution is -2.40. The summed E-state index contributed by atoms with van der Waals surface area (Å²) in [4.78, 5) is 2.34. The smallest absolute Gasteiger partial charge is 0.153 e. The van der Waals surface area contributed by atoms with Gasteiger partial charge in [0.1, 0.15) is 0 Å². The lowest BCUT2D eigenvalue weighted by molar-refractivity contribution is 0.175. The molecule has 0 aromatic carbocycles. The molecule has 0 heterocycles. The minimum absolute atomic E-state index is 0.309. The summed E-state index contributed by atoms with van der Waals surface area (Å²) < 4.78 is 5.04. The van der Waals surface area contributed by atoms with Crippen molar-refractivity contribution in [1.82, 2.24) is 4.90 Å². The maximum absolute atomic E-state index is 8.65. The van der Waals surface area contributed by atoms with Crippen LogP contribution in [0.3, 0.4) is 0 Å². The second kappa shape index (κ2) is 8.31. The number of methoxy groups -OCH3 is 1. The third-order valence-corrected chi connectivity index (χ3v) is 3.38. The topological polar surface area (TPSA) is 71.1 Å². The number of rotatable bonds is 8. The van der Waals surface area contributed by atoms with E-state index in [1.54, 1.807) is 7.11 Å². The molecule has 0 saturated heterocycles. The highest BCUT2D eigenvalue weighted by atomic mass is 16.5. The van der Waals surface area contributed by atoms with Crippen LogP contribution in [0.1, 0.15) is 38.5 Å². The van der Waals surface area contributed by atoms with Gasteiger partial charge in [-0.2, -0.15) is 0 Å². The Morgan fingerprint density at radius 2 is 2.12 bits per heavy atom. The first kappa shape index (κ1) is 14.3. The van der Waals surface area contributed by atoms with Gasteiger partial charge in [0.15, 0.2) is 5.84 Å². The Hall–Kier alpha value is -0.810. The first-order chi connectivity index (χ1) is 8.27. The second-order valence-corrected chi connectivity index (χ2v) is 4.70. The highest BCUT2D eigenvalue weighted by Crippen LogP contribution is 2.23. The van der Waals surface area contributed by atoms with Crippen LogP contribution in [-0.4, -0.2) is 48.8 Å². The molecule has 0 unspecified atom stereocenters. The van der Waals surface area contributed by atoms with Crippen molar-refractivity contribution in [2.45, 2.75) is 44.6 Å². The van der Waals surface area contributed by atoms with Gasteiger partial charge in [-0.25, -0.2) is 0 Å². The molecule has 0 aromatic rings. The molecule has 0 radical (unpaired) electrons. The van der Waals surface area contributed by atoms with Crippen LogP contribution in [0.4, 0.5) is 0 Å². The summed E-state index contributed by atoms with van der Waals surface area (Å²) in [7, 11) is 1.73. The van der Waals surface area contributed by atoms with Gasteiger partial charge in [-0.05, 0) is 32.2 Å². The molecule has 1 rings (SSSR count). The van der Waals surface area contributed by atoms with Crippen molar-refractivity contribution in [1.29, 1.82) is 0 Å². The zero-order valence-corrected chi connectivity index (χ0v) is 10.8. The Morgan fingerprint density at radius 3 is 2.71 bits per heavy atom. The van der Waals surface area contributed by atoms with Crippen LogP contribution in [0.2, 0.25) is 0 Å². The predicted molar refractivity (Wildman–Crippen MR) is 68.3 cm³/mol. The van der Waals surface area contributed by atoms with Gasteiger partial charge in [0.25, 0.3) is 0 Å². The molecule has 5 nitrogen and oxygen atoms in total. The number of oxime groups is 1. The fraction of sp³-hybridized carbons (Fsp3) is 0.917. The summed E-state index contributed by atoms with van der Waals surface area (Å²) in [5.74, 6) is 0.309. The quantitative estimate of drug-likeness (QED) is 0.222. The first-order valence-electron chi connectivity index (χ1n) is 6.47. The number of hydrogen-bond donors (Lipinski definition) is 2. The van der Waals surface area contributed by atoms with Gasteiger partial charge in [-0.1, -0.05) is 18.0 Å². The SMILES string of the molecule is COCCCCN(CC(N)=NO)C1CCCC1. The Balaban J connectivity index is 2.35. The van der Waals surface area contributed by atoms with E-state index in [0.29, 0.717) is 18.4 Å². The van der Waals surface area contributed by atoms with Crippen molar-refractivity contribution in [3.63, 3.8) is 0 Å². The summed E-state index contributed by atoms with van der Waals surface area (Å²) in [6, 6.07) is 0.609. The van der Waals surface area contributed by atoms with Crippen LogP contribution in [0, 0.1) is 0 Å². The third-order valence-electron chi connectivity index (χ3n) is 3.38. The van der Waals surface area contributed by atoms with Gasteiger partial charge in [0.05, 0.1) is 6.54 Å². The number of ether oxygens (including phenoxy) is 1. The molecule has 1 saturated carbocycles. The number of amidine groups is 1. The number of hydrogen-bond acceptors (Lipinski definition) is 4. The molecule has 1 aliphatic carbocycles. The maximum atomic E-state index is 8.65. The monoisotopic (exact) mass is 243 g/mol. The van der Waals surface area contributed by atoms with Crippen LogP contribution in [-0.2, 0) is 4.74 Å². The Morgan fingerprint density at radius 1 is 1.41 bits per heavy atom. The third kappa shape index (κ3) is 5.37. The minimum atomic E-state index is 0.309. The van der Waals surface area contributed by atoms with Crippen LogP contribution < -0.4 is 5.73 Å². The highest BCUT2D eigenvalue weighted by Gasteiger charge is 2.22. The van der Waals surface area contributed by atoms with Crippen LogP contribution in [0.25, 0.3) is 0 Å². The average molecular weight is 243 g/mol. The molecule has 1 fully saturated rings. The second-order valence-electron chi connectivity index (χ2n) is 4.70. The van der Waals surface area contributed by atoms with Crippen molar-refractivity contribution in [3.05, 3.63) is 0 Å². The minimum Gasteiger partial charge on any atom is -0.409 e. The number of nitrogens with zero attached hydrogens (tertiary/aromatic N) is 2. The van der Waals surface area contributed by atoms with Crippen molar-refractivity contribution in [3.8, 4) is 0 Å². The van der Waals surface area contributed by atoms with E-state index in [9.17, 15) is 0 Å². The van der Waals surface area contributed by atoms with Crippen molar-refractivity contribution in [2.75, 3.05) is 26.8 Å². The molecule has 0 bridgehead atoms. The van der Waals surface area contributed by atoms with Crippen molar-refractivity contribution in [2.24, 2.45) is 10.9 Å². The van der Waals surface area contributed by atoms with E-state index in [1.807, 2.05) is 0 Å². The predicted octanol–water partition coefficient (Wildman–Crippen LogP) is 1.40. The summed E-state index contributed by atoms with van der Waals surface area (Å²) in [6.45, 7) is 2.39. The zero-order chi connectivity index (χ0) is 12.5. The summed E-state index contributed by atoms with van der Waals surface area (Å²) in [6.07, 6.45) is 7.25. The van der Waals surface area contributed by atoms with Gasteiger partial charge < -0.3 is 15.7 Å². The van der Waals surface area contributed by atoms with E-state index in [0.717, 1.165) is 26.0 Å². The molecule has 0 amide bonds. The number of unbranched alkanes of at least 4 members (excludes halogenated alkanes) is 1. The Labute approximate surface area is 104 Å². The largest absolute Gasteiger partial charge is 0.409 e. The van der Waals surface area contributed by atoms with Gasteiger partial charge in [0.2, 0.25) is 0 Å². The molecule has 0 spiro atoms. The summed E-state index contributed by atoms with van der Waals surface area (Å²) >= 11 is 0. The molecule has 3 N–H and O–H groups in total. The first-order valence-corrected chi connectivity index (χ1v) is 6.47. The lowest BCUT2D eigenvalue weighted by Gasteiger charge is -2.28. The number of nitrogens with two attached hydrogens (primary N) is 1. The van der Waals surface area contributed by atoms with Gasteiger partial charge in [-0.3, -0.25) is 4.90 Å². The molecule has 17 heavy (non-hydrogen) atoms. The van der Waals surface area contributed by atoms with E-state index >= 15 is 0 Å². The van der Waals surface area contributed by atoms with Crippen molar-refractivity contribution < 1.29 is 9.94 Å². The standard InChI is InChI=1S/C12H25N3O2/c1-17-9-5-4-8-15(10-12(13)14-16)11-6-2-3-7-11/h11,16H,2-10H2,1H3,(H2,13,14). The van der Waals surface area contributed by atoms with Crippen LogP contribution in [0.5, 0.6) is 0 Å². The molecule has 1 aliphatic rings.